The van der Waals surface area contributed by atoms with Gasteiger partial charge in [0.25, 0.3) is 10.0 Å². The van der Waals surface area contributed by atoms with E-state index in [4.69, 9.17) is 27.9 Å². The molecular weight excluding hydrogens is 597 g/mol. The Labute approximate surface area is 258 Å². The van der Waals surface area contributed by atoms with Crippen LogP contribution in [0.1, 0.15) is 43.9 Å². The zero-order chi connectivity index (χ0) is 31.2. The number of hydrogen-bond donors (Lipinski definition) is 1. The van der Waals surface area contributed by atoms with Gasteiger partial charge in [-0.05, 0) is 76.1 Å². The zero-order valence-electron chi connectivity index (χ0n) is 24.6. The maximum Gasteiger partial charge on any atom is 0.264 e. The predicted molar refractivity (Wildman–Crippen MR) is 168 cm³/mol. The molecule has 0 saturated carbocycles. The Morgan fingerprint density at radius 3 is 2.12 bits per heavy atom. The van der Waals surface area contributed by atoms with Crippen molar-refractivity contribution in [2.24, 2.45) is 0 Å². The molecule has 226 valence electrons. The molecule has 3 aromatic rings. The summed E-state index contributed by atoms with van der Waals surface area (Å²) < 4.78 is 34.8. The van der Waals surface area contributed by atoms with E-state index in [0.29, 0.717) is 22.0 Å². The van der Waals surface area contributed by atoms with Crippen molar-refractivity contribution < 1.29 is 22.7 Å². The highest BCUT2D eigenvalue weighted by Crippen LogP contribution is 2.34. The number of nitrogens with one attached hydrogen (secondary N) is 1. The first-order valence-corrected chi connectivity index (χ1v) is 15.8. The predicted octanol–water partition coefficient (Wildman–Crippen LogP) is 6.15. The number of nitrogens with zero attached hydrogens (tertiary/aromatic N) is 2. The molecule has 3 rings (SSSR count). The Morgan fingerprint density at radius 1 is 0.952 bits per heavy atom. The number of aryl methyl sites for hydroxylation is 2. The molecule has 0 unspecified atom stereocenters. The van der Waals surface area contributed by atoms with Gasteiger partial charge in [-0.15, -0.1) is 0 Å². The van der Waals surface area contributed by atoms with Crippen LogP contribution < -0.4 is 14.4 Å². The summed E-state index contributed by atoms with van der Waals surface area (Å²) in [4.78, 5) is 28.7. The van der Waals surface area contributed by atoms with Crippen molar-refractivity contribution in [2.75, 3.05) is 18.0 Å². The van der Waals surface area contributed by atoms with Crippen LogP contribution in [0, 0.1) is 13.8 Å². The molecule has 42 heavy (non-hydrogen) atoms. The van der Waals surface area contributed by atoms with Gasteiger partial charge in [0, 0.05) is 28.2 Å². The van der Waals surface area contributed by atoms with Gasteiger partial charge in [-0.2, -0.15) is 0 Å². The topological polar surface area (TPSA) is 96.0 Å². The minimum Gasteiger partial charge on any atom is -0.495 e. The lowest BCUT2D eigenvalue weighted by Crippen LogP contribution is -2.52. The smallest absolute Gasteiger partial charge is 0.264 e. The SMILES string of the molecule is CC[C@H](C)NC(=O)[C@H](C)N(Cc1c(Cl)cccc1Cl)C(=O)CN(c1cc(C)ccc1OC)S(=O)(=O)c1ccc(C)cc1. The molecule has 8 nitrogen and oxygen atoms in total. The van der Waals surface area contributed by atoms with Gasteiger partial charge >= 0.3 is 0 Å². The van der Waals surface area contributed by atoms with E-state index in [1.54, 1.807) is 55.5 Å². The number of carbonyl (C=O) groups is 2. The minimum atomic E-state index is -4.25. The molecular formula is C31H37Cl2N3O5S. The van der Waals surface area contributed by atoms with Gasteiger partial charge < -0.3 is 15.0 Å². The molecule has 0 bridgehead atoms. The second-order valence-corrected chi connectivity index (χ2v) is 12.9. The molecule has 2 atom stereocenters. The normalized spacial score (nSPS) is 12.8. The number of benzene rings is 3. The monoisotopic (exact) mass is 633 g/mol. The summed E-state index contributed by atoms with van der Waals surface area (Å²) in [5.41, 5.74) is 2.29. The van der Waals surface area contributed by atoms with E-state index in [9.17, 15) is 18.0 Å². The number of carbonyl (C=O) groups excluding carboxylic acids is 2. The van der Waals surface area contributed by atoms with E-state index in [1.165, 1.54) is 24.1 Å². The number of amides is 2. The summed E-state index contributed by atoms with van der Waals surface area (Å²) in [6.07, 6.45) is 0.693. The fourth-order valence-corrected chi connectivity index (χ4v) is 6.18. The average molecular weight is 635 g/mol. The number of halogens is 2. The van der Waals surface area contributed by atoms with Crippen molar-refractivity contribution in [3.05, 3.63) is 87.4 Å². The third kappa shape index (κ3) is 7.76. The third-order valence-corrected chi connectivity index (χ3v) is 9.53. The van der Waals surface area contributed by atoms with Gasteiger partial charge in [0.05, 0.1) is 17.7 Å². The molecule has 0 aliphatic rings. The van der Waals surface area contributed by atoms with E-state index in [2.05, 4.69) is 5.32 Å². The Bertz CT molecular complexity index is 1510. The number of sulfonamides is 1. The van der Waals surface area contributed by atoms with Gasteiger partial charge in [-0.1, -0.05) is 60.0 Å². The van der Waals surface area contributed by atoms with E-state index < -0.39 is 28.5 Å². The second kappa shape index (κ2) is 14.3. The van der Waals surface area contributed by atoms with Crippen LogP contribution in [0.3, 0.4) is 0 Å². The van der Waals surface area contributed by atoms with Gasteiger partial charge in [0.15, 0.2) is 0 Å². The van der Waals surface area contributed by atoms with Crippen LogP contribution in [-0.4, -0.2) is 50.9 Å². The highest BCUT2D eigenvalue weighted by molar-refractivity contribution is 7.92. The van der Waals surface area contributed by atoms with Crippen LogP contribution in [0.5, 0.6) is 5.75 Å². The molecule has 0 aromatic heterocycles. The number of anilines is 1. The molecule has 1 N–H and O–H groups in total. The second-order valence-electron chi connectivity index (χ2n) is 10.2. The van der Waals surface area contributed by atoms with Crippen molar-refractivity contribution in [3.8, 4) is 5.75 Å². The standard InChI is InChI=1S/C31H37Cl2N3O5S/c1-7-22(4)34-31(38)23(5)35(18-25-26(32)9-8-10-27(25)33)30(37)19-36(28-17-21(3)13-16-29(28)41-6)42(39,40)24-14-11-20(2)12-15-24/h8-17,22-23H,7,18-19H2,1-6H3,(H,34,38)/t22-,23-/m0/s1. The van der Waals surface area contributed by atoms with Crippen LogP contribution in [0.15, 0.2) is 65.6 Å². The van der Waals surface area contributed by atoms with Crippen LogP contribution >= 0.6 is 23.2 Å². The lowest BCUT2D eigenvalue weighted by molar-refractivity contribution is -0.139. The lowest BCUT2D eigenvalue weighted by Gasteiger charge is -2.33. The van der Waals surface area contributed by atoms with Gasteiger partial charge in [-0.25, -0.2) is 8.42 Å². The van der Waals surface area contributed by atoms with Crippen LogP contribution in [0.25, 0.3) is 0 Å². The maximum absolute atomic E-state index is 14.2. The summed E-state index contributed by atoms with van der Waals surface area (Å²) >= 11 is 12.9. The highest BCUT2D eigenvalue weighted by Gasteiger charge is 2.34. The first-order valence-electron chi connectivity index (χ1n) is 13.6. The van der Waals surface area contributed by atoms with E-state index in [0.717, 1.165) is 15.4 Å². The Balaban J connectivity index is 2.13. The fraction of sp³-hybridized carbons (Fsp3) is 0.355. The molecule has 0 saturated heterocycles. The quantitative estimate of drug-likeness (QED) is 0.258. The minimum absolute atomic E-state index is 0.00715. The van der Waals surface area contributed by atoms with Crippen molar-refractivity contribution in [2.45, 2.75) is 64.6 Å². The molecule has 0 aliphatic carbocycles. The van der Waals surface area contributed by atoms with Crippen molar-refractivity contribution >= 4 is 50.7 Å². The summed E-state index contributed by atoms with van der Waals surface area (Å²) in [6.45, 7) is 8.33. The number of methoxy groups -OCH3 is 1. The molecule has 0 spiro atoms. The van der Waals surface area contributed by atoms with Gasteiger partial charge in [0.1, 0.15) is 18.3 Å². The summed E-state index contributed by atoms with van der Waals surface area (Å²) in [7, 11) is -2.82. The largest absolute Gasteiger partial charge is 0.495 e. The molecule has 11 heteroatoms. The molecule has 0 radical (unpaired) electrons. The first kappa shape index (κ1) is 33.2. The fourth-order valence-electron chi connectivity index (χ4n) is 4.25. The highest BCUT2D eigenvalue weighted by atomic mass is 35.5. The van der Waals surface area contributed by atoms with Crippen LogP contribution in [0.2, 0.25) is 10.0 Å². The van der Waals surface area contributed by atoms with Crippen LogP contribution in [0.4, 0.5) is 5.69 Å². The van der Waals surface area contributed by atoms with Gasteiger partial charge in [0.2, 0.25) is 11.8 Å². The number of rotatable bonds is 12. The van der Waals surface area contributed by atoms with E-state index >= 15 is 0 Å². The zero-order valence-corrected chi connectivity index (χ0v) is 27.0. The Hall–Kier alpha value is -3.27. The molecule has 0 heterocycles. The Morgan fingerprint density at radius 2 is 1.55 bits per heavy atom. The number of hydrogen-bond acceptors (Lipinski definition) is 5. The molecule has 0 aliphatic heterocycles. The summed E-state index contributed by atoms with van der Waals surface area (Å²) in [5.74, 6) is -0.744. The van der Waals surface area contributed by atoms with Crippen molar-refractivity contribution in [1.82, 2.24) is 10.2 Å². The Kier molecular flexibility index (Phi) is 11.3. The molecule has 3 aromatic carbocycles. The van der Waals surface area contributed by atoms with Crippen LogP contribution in [-0.2, 0) is 26.2 Å². The molecule has 0 fully saturated rings. The third-order valence-electron chi connectivity index (χ3n) is 7.05. The maximum atomic E-state index is 14.2. The van der Waals surface area contributed by atoms with E-state index in [1.807, 2.05) is 27.7 Å². The van der Waals surface area contributed by atoms with Crippen molar-refractivity contribution in [3.63, 3.8) is 0 Å². The van der Waals surface area contributed by atoms with Gasteiger partial charge in [-0.3, -0.25) is 13.9 Å². The number of ether oxygens (including phenoxy) is 1. The average Bonchev–Trinajstić information content (AvgIpc) is 2.95. The summed E-state index contributed by atoms with van der Waals surface area (Å²) in [6, 6.07) is 15.3. The lowest BCUT2D eigenvalue weighted by atomic mass is 10.1. The van der Waals surface area contributed by atoms with Crippen molar-refractivity contribution in [1.29, 1.82) is 0 Å². The van der Waals surface area contributed by atoms with E-state index in [-0.39, 0.29) is 34.8 Å². The molecule has 2 amide bonds. The summed E-state index contributed by atoms with van der Waals surface area (Å²) in [5, 5.41) is 3.54. The first-order chi connectivity index (χ1) is 19.8.